The largest absolute Gasteiger partial charge is 0.296 e. The Bertz CT molecular complexity index is 1200. The van der Waals surface area contributed by atoms with E-state index < -0.39 is 0 Å². The highest BCUT2D eigenvalue weighted by atomic mass is 35.5. The third-order valence-electron chi connectivity index (χ3n) is 5.12. The van der Waals surface area contributed by atoms with Crippen LogP contribution < -0.4 is 5.32 Å². The summed E-state index contributed by atoms with van der Waals surface area (Å²) in [4.78, 5) is 12.7. The third-order valence-corrected chi connectivity index (χ3v) is 6.45. The molecule has 5 rings (SSSR count). The molecule has 1 aliphatic rings. The summed E-state index contributed by atoms with van der Waals surface area (Å²) >= 11 is 7.89. The highest BCUT2D eigenvalue weighted by Gasteiger charge is 2.27. The first-order chi connectivity index (χ1) is 14.7. The summed E-state index contributed by atoms with van der Waals surface area (Å²) in [5.41, 5.74) is 4.60. The van der Waals surface area contributed by atoms with Crippen LogP contribution in [0.15, 0.2) is 72.8 Å². The van der Waals surface area contributed by atoms with Crippen LogP contribution in [0.25, 0.3) is 22.3 Å². The molecule has 0 radical (unpaired) electrons. The van der Waals surface area contributed by atoms with Crippen LogP contribution in [0.4, 0.5) is 5.13 Å². The number of hydrogen-bond donors (Lipinski definition) is 1. The van der Waals surface area contributed by atoms with Crippen molar-refractivity contribution < 1.29 is 4.79 Å². The Morgan fingerprint density at radius 2 is 1.60 bits per heavy atom. The van der Waals surface area contributed by atoms with E-state index in [0.29, 0.717) is 21.6 Å². The average molecular weight is 432 g/mol. The van der Waals surface area contributed by atoms with Gasteiger partial charge in [-0.05, 0) is 47.7 Å². The molecule has 1 aliphatic carbocycles. The maximum atomic E-state index is 12.7. The van der Waals surface area contributed by atoms with Crippen LogP contribution in [0.5, 0.6) is 0 Å². The number of amides is 1. The fourth-order valence-electron chi connectivity index (χ4n) is 3.31. The zero-order valence-electron chi connectivity index (χ0n) is 16.0. The summed E-state index contributed by atoms with van der Waals surface area (Å²) in [6.07, 6.45) is 2.32. The van der Waals surface area contributed by atoms with Gasteiger partial charge in [0.2, 0.25) is 5.13 Å². The topological polar surface area (TPSA) is 54.9 Å². The van der Waals surface area contributed by atoms with Gasteiger partial charge >= 0.3 is 0 Å². The first-order valence-corrected chi connectivity index (χ1v) is 11.0. The Morgan fingerprint density at radius 3 is 2.33 bits per heavy atom. The van der Waals surface area contributed by atoms with Crippen molar-refractivity contribution in [3.8, 4) is 22.3 Å². The predicted octanol–water partition coefficient (Wildman–Crippen LogP) is 6.66. The Kier molecular flexibility index (Phi) is 5.07. The Balaban J connectivity index is 1.38. The van der Waals surface area contributed by atoms with Gasteiger partial charge < -0.3 is 0 Å². The Morgan fingerprint density at radius 1 is 0.900 bits per heavy atom. The van der Waals surface area contributed by atoms with Gasteiger partial charge in [0, 0.05) is 22.1 Å². The number of carbonyl (C=O) groups excluding carboxylic acids is 1. The normalized spacial score (nSPS) is 13.2. The molecule has 0 atom stereocenters. The molecule has 0 unspecified atom stereocenters. The number of hydrogen-bond acceptors (Lipinski definition) is 4. The molecule has 0 bridgehead atoms. The lowest BCUT2D eigenvalue weighted by atomic mass is 9.99. The van der Waals surface area contributed by atoms with Gasteiger partial charge in [-0.15, -0.1) is 10.2 Å². The summed E-state index contributed by atoms with van der Waals surface area (Å²) in [5.74, 6) is 0.307. The van der Waals surface area contributed by atoms with Crippen LogP contribution in [0.1, 0.15) is 34.1 Å². The van der Waals surface area contributed by atoms with Gasteiger partial charge in [0.05, 0.1) is 0 Å². The number of anilines is 1. The van der Waals surface area contributed by atoms with Crippen LogP contribution in [-0.4, -0.2) is 16.1 Å². The first-order valence-electron chi connectivity index (χ1n) is 9.77. The molecule has 0 saturated heterocycles. The Labute approximate surface area is 183 Å². The van der Waals surface area contributed by atoms with E-state index in [0.717, 1.165) is 40.1 Å². The van der Waals surface area contributed by atoms with E-state index in [2.05, 4.69) is 39.8 Å². The fourth-order valence-corrected chi connectivity index (χ4v) is 4.44. The maximum Gasteiger partial charge on any atom is 0.257 e. The summed E-state index contributed by atoms with van der Waals surface area (Å²) in [5, 5.41) is 13.2. The van der Waals surface area contributed by atoms with Gasteiger partial charge in [-0.3, -0.25) is 10.1 Å². The third kappa shape index (κ3) is 3.99. The van der Waals surface area contributed by atoms with Crippen molar-refractivity contribution in [1.29, 1.82) is 0 Å². The number of halogens is 1. The van der Waals surface area contributed by atoms with E-state index in [9.17, 15) is 4.79 Å². The van der Waals surface area contributed by atoms with Gasteiger partial charge in [0.1, 0.15) is 5.01 Å². The fraction of sp³-hybridized carbons (Fsp3) is 0.125. The summed E-state index contributed by atoms with van der Waals surface area (Å²) < 4.78 is 0. The second kappa shape index (κ2) is 8.01. The number of nitrogens with zero attached hydrogens (tertiary/aromatic N) is 2. The van der Waals surface area contributed by atoms with E-state index in [4.69, 9.17) is 11.6 Å². The van der Waals surface area contributed by atoms with Crippen molar-refractivity contribution in [2.45, 2.75) is 18.8 Å². The molecule has 4 aromatic rings. The molecule has 1 fully saturated rings. The molecular formula is C24H18ClN3OS. The van der Waals surface area contributed by atoms with Crippen molar-refractivity contribution in [3.05, 3.63) is 88.4 Å². The minimum Gasteiger partial charge on any atom is -0.296 e. The maximum absolute atomic E-state index is 12.7. The van der Waals surface area contributed by atoms with Crippen molar-refractivity contribution in [2.75, 3.05) is 5.32 Å². The minimum atomic E-state index is -0.215. The van der Waals surface area contributed by atoms with E-state index >= 15 is 0 Å². The molecule has 1 amide bonds. The van der Waals surface area contributed by atoms with Crippen LogP contribution >= 0.6 is 22.9 Å². The lowest BCUT2D eigenvalue weighted by molar-refractivity contribution is 0.102. The van der Waals surface area contributed by atoms with Crippen molar-refractivity contribution >= 4 is 34.0 Å². The number of carbonyl (C=O) groups is 1. The van der Waals surface area contributed by atoms with Crippen LogP contribution in [0.2, 0.25) is 5.02 Å². The first kappa shape index (κ1) is 19.0. The molecule has 148 valence electrons. The standard InChI is InChI=1S/C24H18ClN3OS/c25-21-13-12-19(22(29)26-24-28-27-23(30-24)18-10-11-18)14-20(21)17-8-6-16(7-9-17)15-4-2-1-3-5-15/h1-9,12-14,18H,10-11H2,(H,26,28,29). The van der Waals surface area contributed by atoms with Gasteiger partial charge in [0.25, 0.3) is 5.91 Å². The molecule has 0 spiro atoms. The molecule has 30 heavy (non-hydrogen) atoms. The molecule has 1 aromatic heterocycles. The summed E-state index contributed by atoms with van der Waals surface area (Å²) in [7, 11) is 0. The number of benzene rings is 3. The average Bonchev–Trinajstić information content (AvgIpc) is 3.54. The molecule has 1 N–H and O–H groups in total. The number of nitrogens with one attached hydrogen (secondary N) is 1. The SMILES string of the molecule is O=C(Nc1nnc(C2CC2)s1)c1ccc(Cl)c(-c2ccc(-c3ccccc3)cc2)c1. The smallest absolute Gasteiger partial charge is 0.257 e. The predicted molar refractivity (Wildman–Crippen MR) is 122 cm³/mol. The molecular weight excluding hydrogens is 414 g/mol. The minimum absolute atomic E-state index is 0.215. The molecule has 4 nitrogen and oxygen atoms in total. The number of aromatic nitrogens is 2. The second-order valence-corrected chi connectivity index (χ2v) is 8.73. The monoisotopic (exact) mass is 431 g/mol. The second-order valence-electron chi connectivity index (χ2n) is 7.31. The molecule has 3 aromatic carbocycles. The van der Waals surface area contributed by atoms with E-state index in [-0.39, 0.29) is 5.91 Å². The lowest BCUT2D eigenvalue weighted by Crippen LogP contribution is -2.11. The lowest BCUT2D eigenvalue weighted by Gasteiger charge is -2.09. The van der Waals surface area contributed by atoms with Gasteiger partial charge in [-0.1, -0.05) is 77.5 Å². The van der Waals surface area contributed by atoms with Crippen LogP contribution in [0.3, 0.4) is 0 Å². The van der Waals surface area contributed by atoms with Gasteiger partial charge in [-0.2, -0.15) is 0 Å². The quantitative estimate of drug-likeness (QED) is 0.384. The highest BCUT2D eigenvalue weighted by Crippen LogP contribution is 2.42. The van der Waals surface area contributed by atoms with E-state index in [1.807, 2.05) is 36.4 Å². The summed E-state index contributed by atoms with van der Waals surface area (Å²) in [6, 6.07) is 23.7. The molecule has 6 heteroatoms. The van der Waals surface area contributed by atoms with Gasteiger partial charge in [0.15, 0.2) is 0 Å². The van der Waals surface area contributed by atoms with Gasteiger partial charge in [-0.25, -0.2) is 0 Å². The zero-order valence-corrected chi connectivity index (χ0v) is 17.6. The molecule has 0 aliphatic heterocycles. The summed E-state index contributed by atoms with van der Waals surface area (Å²) in [6.45, 7) is 0. The highest BCUT2D eigenvalue weighted by molar-refractivity contribution is 7.15. The molecule has 1 saturated carbocycles. The van der Waals surface area contributed by atoms with Crippen molar-refractivity contribution in [2.24, 2.45) is 0 Å². The van der Waals surface area contributed by atoms with Crippen molar-refractivity contribution in [1.82, 2.24) is 10.2 Å². The molecule has 1 heterocycles. The number of rotatable bonds is 5. The van der Waals surface area contributed by atoms with E-state index in [1.54, 1.807) is 12.1 Å². The Hall–Kier alpha value is -3.02. The zero-order chi connectivity index (χ0) is 20.5. The van der Waals surface area contributed by atoms with Crippen LogP contribution in [-0.2, 0) is 0 Å². The van der Waals surface area contributed by atoms with Crippen molar-refractivity contribution in [3.63, 3.8) is 0 Å². The van der Waals surface area contributed by atoms with E-state index in [1.165, 1.54) is 11.3 Å². The van der Waals surface area contributed by atoms with Crippen LogP contribution in [0, 0.1) is 0 Å².